The van der Waals surface area contributed by atoms with Gasteiger partial charge in [0.1, 0.15) is 0 Å². The Bertz CT molecular complexity index is 163. The quantitative estimate of drug-likeness (QED) is 0.768. The third-order valence-electron chi connectivity index (χ3n) is 3.45. The SMILES string of the molecule is CN(CC1CSCCN1)C1CCCC1. The topological polar surface area (TPSA) is 15.3 Å². The van der Waals surface area contributed by atoms with Gasteiger partial charge in [0.15, 0.2) is 0 Å². The Morgan fingerprint density at radius 2 is 2.14 bits per heavy atom. The molecule has 2 nitrogen and oxygen atoms in total. The van der Waals surface area contributed by atoms with Crippen molar-refractivity contribution in [2.24, 2.45) is 0 Å². The summed E-state index contributed by atoms with van der Waals surface area (Å²) in [6.07, 6.45) is 5.75. The van der Waals surface area contributed by atoms with Crippen LogP contribution in [-0.2, 0) is 0 Å². The minimum Gasteiger partial charge on any atom is -0.311 e. The Hall–Kier alpha value is 0.270. The van der Waals surface area contributed by atoms with Gasteiger partial charge in [-0.2, -0.15) is 11.8 Å². The lowest BCUT2D eigenvalue weighted by atomic mass is 10.2. The van der Waals surface area contributed by atoms with E-state index in [2.05, 4.69) is 29.0 Å². The van der Waals surface area contributed by atoms with Gasteiger partial charge in [-0.25, -0.2) is 0 Å². The normalized spacial score (nSPS) is 30.0. The van der Waals surface area contributed by atoms with Crippen molar-refractivity contribution in [3.05, 3.63) is 0 Å². The molecule has 1 N–H and O–H groups in total. The van der Waals surface area contributed by atoms with E-state index in [0.717, 1.165) is 12.1 Å². The molecule has 82 valence electrons. The van der Waals surface area contributed by atoms with Crippen LogP contribution in [0, 0.1) is 0 Å². The Morgan fingerprint density at radius 1 is 1.36 bits per heavy atom. The highest BCUT2D eigenvalue weighted by Crippen LogP contribution is 2.22. The number of hydrogen-bond acceptors (Lipinski definition) is 3. The molecule has 2 aliphatic rings. The van der Waals surface area contributed by atoms with Gasteiger partial charge in [-0.1, -0.05) is 12.8 Å². The minimum atomic E-state index is 0.736. The average molecular weight is 214 g/mol. The van der Waals surface area contributed by atoms with Crippen LogP contribution in [0.2, 0.25) is 0 Å². The zero-order valence-corrected chi connectivity index (χ0v) is 9.98. The van der Waals surface area contributed by atoms with Gasteiger partial charge in [0.05, 0.1) is 0 Å². The molecular weight excluding hydrogens is 192 g/mol. The van der Waals surface area contributed by atoms with Gasteiger partial charge in [0.25, 0.3) is 0 Å². The van der Waals surface area contributed by atoms with E-state index < -0.39 is 0 Å². The number of rotatable bonds is 3. The molecule has 1 unspecified atom stereocenters. The second-order valence-electron chi connectivity index (χ2n) is 4.60. The molecule has 0 bridgehead atoms. The number of nitrogens with zero attached hydrogens (tertiary/aromatic N) is 1. The summed E-state index contributed by atoms with van der Waals surface area (Å²) >= 11 is 2.10. The van der Waals surface area contributed by atoms with Crippen molar-refractivity contribution in [1.29, 1.82) is 0 Å². The molecule has 2 fully saturated rings. The van der Waals surface area contributed by atoms with Crippen LogP contribution < -0.4 is 5.32 Å². The van der Waals surface area contributed by atoms with Gasteiger partial charge in [-0.05, 0) is 19.9 Å². The molecule has 3 heteroatoms. The lowest BCUT2D eigenvalue weighted by Crippen LogP contribution is -2.47. The first-order chi connectivity index (χ1) is 6.86. The fourth-order valence-corrected chi connectivity index (χ4v) is 3.52. The Balaban J connectivity index is 1.72. The zero-order valence-electron chi connectivity index (χ0n) is 9.17. The average Bonchev–Trinajstić information content (AvgIpc) is 2.72. The van der Waals surface area contributed by atoms with Crippen molar-refractivity contribution < 1.29 is 0 Å². The van der Waals surface area contributed by atoms with Crippen molar-refractivity contribution >= 4 is 11.8 Å². The van der Waals surface area contributed by atoms with Crippen LogP contribution in [0.4, 0.5) is 0 Å². The smallest absolute Gasteiger partial charge is 0.0285 e. The molecule has 1 saturated carbocycles. The first kappa shape index (κ1) is 10.8. The summed E-state index contributed by atoms with van der Waals surface area (Å²) in [5.74, 6) is 2.60. The van der Waals surface area contributed by atoms with Gasteiger partial charge in [0.2, 0.25) is 0 Å². The van der Waals surface area contributed by atoms with E-state index in [-0.39, 0.29) is 0 Å². The lowest BCUT2D eigenvalue weighted by molar-refractivity contribution is 0.224. The molecule has 0 radical (unpaired) electrons. The molecule has 0 amide bonds. The minimum absolute atomic E-state index is 0.736. The summed E-state index contributed by atoms with van der Waals surface area (Å²) in [4.78, 5) is 2.58. The molecular formula is C11H22N2S. The maximum Gasteiger partial charge on any atom is 0.0285 e. The molecule has 0 aromatic heterocycles. The van der Waals surface area contributed by atoms with E-state index in [1.54, 1.807) is 0 Å². The maximum absolute atomic E-state index is 3.61. The molecule has 1 aliphatic carbocycles. The molecule has 14 heavy (non-hydrogen) atoms. The van der Waals surface area contributed by atoms with Crippen molar-refractivity contribution in [2.45, 2.75) is 37.8 Å². The first-order valence-corrected chi connectivity index (χ1v) is 7.03. The van der Waals surface area contributed by atoms with Gasteiger partial charge in [-0.15, -0.1) is 0 Å². The number of hydrogen-bond donors (Lipinski definition) is 1. The maximum atomic E-state index is 3.61. The highest BCUT2D eigenvalue weighted by atomic mass is 32.2. The summed E-state index contributed by atoms with van der Waals surface area (Å²) in [6.45, 7) is 2.45. The molecule has 2 rings (SSSR count). The van der Waals surface area contributed by atoms with Gasteiger partial charge in [-0.3, -0.25) is 0 Å². The molecule has 0 spiro atoms. The van der Waals surface area contributed by atoms with Crippen molar-refractivity contribution in [2.75, 3.05) is 31.6 Å². The number of thioether (sulfide) groups is 1. The standard InChI is InChI=1S/C11H22N2S/c1-13(11-4-2-3-5-11)8-10-9-14-7-6-12-10/h10-12H,2-9H2,1H3. The van der Waals surface area contributed by atoms with E-state index in [0.29, 0.717) is 0 Å². The summed E-state index contributed by atoms with van der Waals surface area (Å²) in [6, 6.07) is 1.61. The van der Waals surface area contributed by atoms with Crippen molar-refractivity contribution in [3.63, 3.8) is 0 Å². The highest BCUT2D eigenvalue weighted by molar-refractivity contribution is 7.99. The third kappa shape index (κ3) is 2.88. The first-order valence-electron chi connectivity index (χ1n) is 5.87. The Morgan fingerprint density at radius 3 is 2.79 bits per heavy atom. The van der Waals surface area contributed by atoms with Crippen molar-refractivity contribution in [1.82, 2.24) is 10.2 Å². The molecule has 1 heterocycles. The monoisotopic (exact) mass is 214 g/mol. The number of likely N-dealkylation sites (N-methyl/N-ethyl adjacent to an activating group) is 1. The predicted octanol–water partition coefficient (Wildman–Crippen LogP) is 1.57. The Labute approximate surface area is 91.8 Å². The predicted molar refractivity (Wildman–Crippen MR) is 64.0 cm³/mol. The van der Waals surface area contributed by atoms with E-state index in [1.807, 2.05) is 0 Å². The van der Waals surface area contributed by atoms with Gasteiger partial charge < -0.3 is 10.2 Å². The van der Waals surface area contributed by atoms with Gasteiger partial charge in [0, 0.05) is 36.7 Å². The third-order valence-corrected chi connectivity index (χ3v) is 4.59. The zero-order chi connectivity index (χ0) is 9.80. The second kappa shape index (κ2) is 5.38. The largest absolute Gasteiger partial charge is 0.311 e. The summed E-state index contributed by atoms with van der Waals surface area (Å²) in [5, 5.41) is 3.61. The summed E-state index contributed by atoms with van der Waals surface area (Å²) in [7, 11) is 2.30. The molecule has 0 aromatic rings. The van der Waals surface area contributed by atoms with Crippen LogP contribution in [0.3, 0.4) is 0 Å². The van der Waals surface area contributed by atoms with Crippen LogP contribution in [0.25, 0.3) is 0 Å². The van der Waals surface area contributed by atoms with Crippen LogP contribution in [0.1, 0.15) is 25.7 Å². The van der Waals surface area contributed by atoms with E-state index in [1.165, 1.54) is 50.3 Å². The fourth-order valence-electron chi connectivity index (χ4n) is 2.58. The summed E-state index contributed by atoms with van der Waals surface area (Å²) < 4.78 is 0. The molecule has 1 aliphatic heterocycles. The molecule has 1 saturated heterocycles. The molecule has 0 aromatic carbocycles. The van der Waals surface area contributed by atoms with Crippen LogP contribution in [0.5, 0.6) is 0 Å². The van der Waals surface area contributed by atoms with E-state index in [4.69, 9.17) is 0 Å². The molecule has 1 atom stereocenters. The number of nitrogens with one attached hydrogen (secondary N) is 1. The summed E-state index contributed by atoms with van der Waals surface area (Å²) in [5.41, 5.74) is 0. The van der Waals surface area contributed by atoms with E-state index in [9.17, 15) is 0 Å². The highest BCUT2D eigenvalue weighted by Gasteiger charge is 2.22. The lowest BCUT2D eigenvalue weighted by Gasteiger charge is -2.31. The second-order valence-corrected chi connectivity index (χ2v) is 5.75. The van der Waals surface area contributed by atoms with E-state index >= 15 is 0 Å². The van der Waals surface area contributed by atoms with Crippen molar-refractivity contribution in [3.8, 4) is 0 Å². The van der Waals surface area contributed by atoms with Crippen LogP contribution in [0.15, 0.2) is 0 Å². The Kier molecular flexibility index (Phi) is 4.14. The fraction of sp³-hybridized carbons (Fsp3) is 1.00. The van der Waals surface area contributed by atoms with Gasteiger partial charge >= 0.3 is 0 Å². The van der Waals surface area contributed by atoms with Crippen LogP contribution in [-0.4, -0.2) is 48.6 Å². The van der Waals surface area contributed by atoms with Crippen LogP contribution >= 0.6 is 11.8 Å².